The van der Waals surface area contributed by atoms with Gasteiger partial charge in [-0.3, -0.25) is 4.90 Å². The first-order chi connectivity index (χ1) is 11.2. The van der Waals surface area contributed by atoms with Crippen LogP contribution in [-0.2, 0) is 4.74 Å². The number of hydrogen-bond donors (Lipinski definition) is 1. The minimum absolute atomic E-state index is 0.239. The molecule has 0 saturated carbocycles. The number of benzene rings is 1. The first kappa shape index (κ1) is 17.5. The molecule has 2 aromatic rings. The number of anilines is 1. The minimum Gasteiger partial charge on any atom is -0.508 e. The summed E-state index contributed by atoms with van der Waals surface area (Å²) in [6.45, 7) is 5.47. The highest BCUT2D eigenvalue weighted by molar-refractivity contribution is 5.86. The van der Waals surface area contributed by atoms with E-state index >= 15 is 0 Å². The van der Waals surface area contributed by atoms with Gasteiger partial charge in [0.2, 0.25) is 0 Å². The zero-order chi connectivity index (χ0) is 17.7. The van der Waals surface area contributed by atoms with Gasteiger partial charge in [0.1, 0.15) is 17.2 Å². The van der Waals surface area contributed by atoms with Crippen LogP contribution in [-0.4, -0.2) is 28.8 Å². The van der Waals surface area contributed by atoms with E-state index in [9.17, 15) is 9.90 Å². The number of phenolic OH excluding ortho intramolecular Hbond substituents is 1. The molecular weight excluding hydrogens is 304 g/mol. The molecule has 5 heteroatoms. The Kier molecular flexibility index (Phi) is 5.24. The Morgan fingerprint density at radius 2 is 1.67 bits per heavy atom. The summed E-state index contributed by atoms with van der Waals surface area (Å²) in [4.78, 5) is 17.7. The maximum Gasteiger partial charge on any atom is 0.415 e. The van der Waals surface area contributed by atoms with Gasteiger partial charge in [-0.1, -0.05) is 24.3 Å². The first-order valence-corrected chi connectivity index (χ1v) is 7.64. The third-order valence-corrected chi connectivity index (χ3v) is 3.14. The number of phenols is 1. The molecular formula is C19H22N2O3. The average Bonchev–Trinajstić information content (AvgIpc) is 2.52. The Bertz CT molecular complexity index is 714. The van der Waals surface area contributed by atoms with Crippen molar-refractivity contribution in [2.75, 3.05) is 11.9 Å². The van der Waals surface area contributed by atoms with Crippen molar-refractivity contribution in [2.24, 2.45) is 0 Å². The Morgan fingerprint density at radius 3 is 2.21 bits per heavy atom. The van der Waals surface area contributed by atoms with Crippen molar-refractivity contribution in [2.45, 2.75) is 26.4 Å². The zero-order valence-electron chi connectivity index (χ0n) is 14.4. The number of aromatic nitrogens is 1. The van der Waals surface area contributed by atoms with E-state index in [0.717, 1.165) is 11.1 Å². The molecule has 24 heavy (non-hydrogen) atoms. The highest BCUT2D eigenvalue weighted by atomic mass is 16.6. The normalized spacial score (nSPS) is 11.5. The van der Waals surface area contributed by atoms with Gasteiger partial charge in [0.05, 0.1) is 0 Å². The molecule has 1 amide bonds. The van der Waals surface area contributed by atoms with Gasteiger partial charge in [0.25, 0.3) is 0 Å². The van der Waals surface area contributed by atoms with Gasteiger partial charge in [-0.25, -0.2) is 9.78 Å². The molecule has 0 aliphatic heterocycles. The number of hydrogen-bond acceptors (Lipinski definition) is 4. The fraction of sp³-hybridized carbons (Fsp3) is 0.263. The van der Waals surface area contributed by atoms with E-state index in [1.807, 2.05) is 51.1 Å². The van der Waals surface area contributed by atoms with E-state index in [0.29, 0.717) is 5.82 Å². The lowest BCUT2D eigenvalue weighted by Crippen LogP contribution is -2.34. The van der Waals surface area contributed by atoms with Crippen LogP contribution in [0.15, 0.2) is 42.6 Å². The third kappa shape index (κ3) is 5.12. The molecule has 2 rings (SSSR count). The van der Waals surface area contributed by atoms with Crippen LogP contribution in [0.1, 0.15) is 31.9 Å². The monoisotopic (exact) mass is 326 g/mol. The molecule has 0 fully saturated rings. The number of aromatic hydroxyl groups is 1. The number of carbonyl (C=O) groups is 1. The van der Waals surface area contributed by atoms with Gasteiger partial charge in [-0.15, -0.1) is 0 Å². The molecule has 0 saturated heterocycles. The third-order valence-electron chi connectivity index (χ3n) is 3.14. The number of amides is 1. The van der Waals surface area contributed by atoms with Crippen molar-refractivity contribution in [1.29, 1.82) is 0 Å². The second-order valence-corrected chi connectivity index (χ2v) is 6.41. The van der Waals surface area contributed by atoms with Crippen molar-refractivity contribution in [3.05, 3.63) is 53.7 Å². The molecule has 1 aromatic heterocycles. The summed E-state index contributed by atoms with van der Waals surface area (Å²) >= 11 is 0. The number of ether oxygens (including phenoxy) is 1. The van der Waals surface area contributed by atoms with Gasteiger partial charge in [-0.2, -0.15) is 0 Å². The molecule has 0 aliphatic carbocycles. The van der Waals surface area contributed by atoms with Crippen molar-refractivity contribution < 1.29 is 14.6 Å². The Morgan fingerprint density at radius 1 is 1.08 bits per heavy atom. The zero-order valence-corrected chi connectivity index (χ0v) is 14.4. The predicted octanol–water partition coefficient (Wildman–Crippen LogP) is 4.33. The lowest BCUT2D eigenvalue weighted by atomic mass is 10.1. The molecule has 1 N–H and O–H groups in total. The SMILES string of the molecule is CN(C(=O)OC(C)(C)C)c1ccc(/C=C/c2ccc(O)cc2)cn1. The van der Waals surface area contributed by atoms with E-state index in [-0.39, 0.29) is 5.75 Å². The van der Waals surface area contributed by atoms with Crippen molar-refractivity contribution in [3.63, 3.8) is 0 Å². The molecule has 0 spiro atoms. The number of nitrogens with zero attached hydrogens (tertiary/aromatic N) is 2. The van der Waals surface area contributed by atoms with E-state index in [2.05, 4.69) is 4.98 Å². The molecule has 0 bridgehead atoms. The van der Waals surface area contributed by atoms with Gasteiger partial charge in [0, 0.05) is 13.2 Å². The Labute approximate surface area is 142 Å². The second kappa shape index (κ2) is 7.17. The van der Waals surface area contributed by atoms with Gasteiger partial charge < -0.3 is 9.84 Å². The summed E-state index contributed by atoms with van der Waals surface area (Å²) in [7, 11) is 1.63. The summed E-state index contributed by atoms with van der Waals surface area (Å²) in [5.74, 6) is 0.759. The molecule has 0 atom stereocenters. The smallest absolute Gasteiger partial charge is 0.415 e. The van der Waals surface area contributed by atoms with E-state index in [1.165, 1.54) is 4.90 Å². The molecule has 0 radical (unpaired) electrons. The van der Waals surface area contributed by atoms with Crippen LogP contribution in [0.25, 0.3) is 12.2 Å². The first-order valence-electron chi connectivity index (χ1n) is 7.64. The Hall–Kier alpha value is -2.82. The maximum atomic E-state index is 12.0. The summed E-state index contributed by atoms with van der Waals surface area (Å²) in [6, 6.07) is 10.6. The largest absolute Gasteiger partial charge is 0.508 e. The quantitative estimate of drug-likeness (QED) is 0.912. The fourth-order valence-corrected chi connectivity index (χ4v) is 1.90. The number of carbonyl (C=O) groups excluding carboxylic acids is 1. The van der Waals surface area contributed by atoms with Crippen LogP contribution in [0.5, 0.6) is 5.75 Å². The lowest BCUT2D eigenvalue weighted by molar-refractivity contribution is 0.0588. The van der Waals surface area contributed by atoms with Crippen LogP contribution in [0, 0.1) is 0 Å². The highest BCUT2D eigenvalue weighted by Gasteiger charge is 2.20. The standard InChI is InChI=1S/C19H22N2O3/c1-19(2,3)24-18(23)21(4)17-12-9-15(13-20-17)6-5-14-7-10-16(22)11-8-14/h5-13,22H,1-4H3/b6-5+. The summed E-state index contributed by atoms with van der Waals surface area (Å²) in [5, 5.41) is 9.26. The summed E-state index contributed by atoms with van der Waals surface area (Å²) < 4.78 is 5.31. The van der Waals surface area contributed by atoms with E-state index in [1.54, 1.807) is 31.4 Å². The summed E-state index contributed by atoms with van der Waals surface area (Å²) in [5.41, 5.74) is 1.34. The molecule has 5 nitrogen and oxygen atoms in total. The van der Waals surface area contributed by atoms with Crippen molar-refractivity contribution in [3.8, 4) is 5.75 Å². The van der Waals surface area contributed by atoms with E-state index in [4.69, 9.17) is 4.74 Å². The molecule has 126 valence electrons. The van der Waals surface area contributed by atoms with Crippen LogP contribution in [0.2, 0.25) is 0 Å². The second-order valence-electron chi connectivity index (χ2n) is 6.41. The van der Waals surface area contributed by atoms with Crippen LogP contribution < -0.4 is 4.90 Å². The maximum absolute atomic E-state index is 12.0. The topological polar surface area (TPSA) is 62.7 Å². The van der Waals surface area contributed by atoms with Gasteiger partial charge in [0.15, 0.2) is 0 Å². The average molecular weight is 326 g/mol. The van der Waals surface area contributed by atoms with Crippen LogP contribution >= 0.6 is 0 Å². The predicted molar refractivity (Wildman–Crippen MR) is 95.9 cm³/mol. The van der Waals surface area contributed by atoms with Crippen molar-refractivity contribution in [1.82, 2.24) is 4.98 Å². The molecule has 1 heterocycles. The molecule has 1 aromatic carbocycles. The summed E-state index contributed by atoms with van der Waals surface area (Å²) in [6.07, 6.45) is 5.08. The van der Waals surface area contributed by atoms with Crippen LogP contribution in [0.4, 0.5) is 10.6 Å². The van der Waals surface area contributed by atoms with E-state index < -0.39 is 11.7 Å². The number of pyridine rings is 1. The van der Waals surface area contributed by atoms with Crippen LogP contribution in [0.3, 0.4) is 0 Å². The fourth-order valence-electron chi connectivity index (χ4n) is 1.90. The van der Waals surface area contributed by atoms with Crippen molar-refractivity contribution >= 4 is 24.1 Å². The number of rotatable bonds is 3. The molecule has 0 aliphatic rings. The highest BCUT2D eigenvalue weighted by Crippen LogP contribution is 2.16. The lowest BCUT2D eigenvalue weighted by Gasteiger charge is -2.24. The van der Waals surface area contributed by atoms with Gasteiger partial charge >= 0.3 is 6.09 Å². The minimum atomic E-state index is -0.544. The Balaban J connectivity index is 2.04. The van der Waals surface area contributed by atoms with Gasteiger partial charge in [-0.05, 0) is 56.2 Å². The molecule has 0 unspecified atom stereocenters.